The van der Waals surface area contributed by atoms with Crippen molar-refractivity contribution < 1.29 is 9.21 Å². The second-order valence-electron chi connectivity index (χ2n) is 5.02. The predicted octanol–water partition coefficient (Wildman–Crippen LogP) is 5.06. The molecule has 0 atom stereocenters. The number of nitrogens with one attached hydrogen (secondary N) is 1. The lowest BCUT2D eigenvalue weighted by molar-refractivity contribution is 0.0998. The molecule has 0 fully saturated rings. The van der Waals surface area contributed by atoms with Gasteiger partial charge in [0.15, 0.2) is 5.76 Å². The van der Waals surface area contributed by atoms with Crippen LogP contribution < -0.4 is 5.32 Å². The lowest BCUT2D eigenvalue weighted by atomic mass is 10.1. The highest BCUT2D eigenvalue weighted by molar-refractivity contribution is 9.10. The third-order valence-corrected chi connectivity index (χ3v) is 3.87. The number of fused-ring (bicyclic) bond motifs is 1. The van der Waals surface area contributed by atoms with Crippen molar-refractivity contribution in [1.82, 2.24) is 0 Å². The summed E-state index contributed by atoms with van der Waals surface area (Å²) in [6.07, 6.45) is 0. The normalized spacial score (nSPS) is 10.8. The van der Waals surface area contributed by atoms with E-state index in [1.54, 1.807) is 0 Å². The molecule has 0 aliphatic rings. The number of benzene rings is 2. The maximum absolute atomic E-state index is 12.4. The van der Waals surface area contributed by atoms with E-state index in [1.807, 2.05) is 56.3 Å². The fourth-order valence-electron chi connectivity index (χ4n) is 2.32. The average molecular weight is 344 g/mol. The summed E-state index contributed by atoms with van der Waals surface area (Å²) >= 11 is 3.43. The number of hydrogen-bond acceptors (Lipinski definition) is 2. The zero-order chi connectivity index (χ0) is 15.0. The molecular weight excluding hydrogens is 330 g/mol. The van der Waals surface area contributed by atoms with Crippen molar-refractivity contribution in [2.75, 3.05) is 5.32 Å². The van der Waals surface area contributed by atoms with Crippen molar-refractivity contribution in [2.45, 2.75) is 13.8 Å². The number of amides is 1. The van der Waals surface area contributed by atoms with E-state index in [0.717, 1.165) is 26.7 Å². The Balaban J connectivity index is 1.96. The molecule has 1 heterocycles. The van der Waals surface area contributed by atoms with E-state index in [1.165, 1.54) is 0 Å². The SMILES string of the molecule is Cc1cccc(NC(=O)c2oc3ccc(Br)cc3c2C)c1. The van der Waals surface area contributed by atoms with E-state index in [2.05, 4.69) is 21.2 Å². The van der Waals surface area contributed by atoms with Gasteiger partial charge < -0.3 is 9.73 Å². The van der Waals surface area contributed by atoms with E-state index < -0.39 is 0 Å². The average Bonchev–Trinajstić information content (AvgIpc) is 2.76. The lowest BCUT2D eigenvalue weighted by Gasteiger charge is -2.04. The molecule has 0 unspecified atom stereocenters. The standard InChI is InChI=1S/C17H14BrNO2/c1-10-4-3-5-13(8-10)19-17(20)16-11(2)14-9-12(18)6-7-15(14)21-16/h3-9H,1-2H3,(H,19,20). The number of anilines is 1. The van der Waals surface area contributed by atoms with E-state index in [0.29, 0.717) is 11.3 Å². The number of rotatable bonds is 2. The van der Waals surface area contributed by atoms with E-state index in [-0.39, 0.29) is 5.91 Å². The van der Waals surface area contributed by atoms with Crippen LogP contribution in [0.1, 0.15) is 21.7 Å². The van der Waals surface area contributed by atoms with Gasteiger partial charge in [0.2, 0.25) is 0 Å². The molecule has 0 aliphatic heterocycles. The Labute approximate surface area is 131 Å². The molecule has 4 heteroatoms. The molecule has 2 aromatic carbocycles. The Morgan fingerprint density at radius 2 is 1.95 bits per heavy atom. The minimum atomic E-state index is -0.231. The smallest absolute Gasteiger partial charge is 0.291 e. The van der Waals surface area contributed by atoms with Crippen molar-refractivity contribution in [2.24, 2.45) is 0 Å². The second kappa shape index (κ2) is 5.37. The lowest BCUT2D eigenvalue weighted by Crippen LogP contribution is -2.12. The number of halogens is 1. The largest absolute Gasteiger partial charge is 0.451 e. The van der Waals surface area contributed by atoms with Crippen molar-refractivity contribution >= 4 is 38.5 Å². The zero-order valence-corrected chi connectivity index (χ0v) is 13.3. The van der Waals surface area contributed by atoms with Crippen LogP contribution in [0.5, 0.6) is 0 Å². The van der Waals surface area contributed by atoms with Gasteiger partial charge in [-0.15, -0.1) is 0 Å². The molecular formula is C17H14BrNO2. The summed E-state index contributed by atoms with van der Waals surface area (Å²) in [4.78, 5) is 12.4. The maximum atomic E-state index is 12.4. The molecule has 106 valence electrons. The summed E-state index contributed by atoms with van der Waals surface area (Å²) in [7, 11) is 0. The summed E-state index contributed by atoms with van der Waals surface area (Å²) < 4.78 is 6.65. The Morgan fingerprint density at radius 1 is 1.14 bits per heavy atom. The van der Waals surface area contributed by atoms with Crippen molar-refractivity contribution in [3.05, 3.63) is 63.8 Å². The van der Waals surface area contributed by atoms with Gasteiger partial charge in [0, 0.05) is 21.1 Å². The summed E-state index contributed by atoms with van der Waals surface area (Å²) in [5.74, 6) is 0.120. The van der Waals surface area contributed by atoms with Crippen LogP contribution in [0.2, 0.25) is 0 Å². The predicted molar refractivity (Wildman–Crippen MR) is 87.8 cm³/mol. The van der Waals surface area contributed by atoms with E-state index >= 15 is 0 Å². The molecule has 1 aromatic heterocycles. The van der Waals surface area contributed by atoms with Crippen LogP contribution >= 0.6 is 15.9 Å². The van der Waals surface area contributed by atoms with Crippen LogP contribution in [-0.4, -0.2) is 5.91 Å². The molecule has 3 rings (SSSR count). The number of aryl methyl sites for hydroxylation is 2. The monoisotopic (exact) mass is 343 g/mol. The number of carbonyl (C=O) groups is 1. The number of hydrogen-bond donors (Lipinski definition) is 1. The van der Waals surface area contributed by atoms with Gasteiger partial charge in [-0.05, 0) is 49.7 Å². The third-order valence-electron chi connectivity index (χ3n) is 3.38. The molecule has 0 bridgehead atoms. The molecule has 3 nitrogen and oxygen atoms in total. The molecule has 1 amide bonds. The van der Waals surface area contributed by atoms with Gasteiger partial charge in [-0.25, -0.2) is 0 Å². The Kier molecular flexibility index (Phi) is 3.55. The molecule has 3 aromatic rings. The first-order chi connectivity index (χ1) is 10.0. The van der Waals surface area contributed by atoms with Crippen molar-refractivity contribution in [1.29, 1.82) is 0 Å². The first-order valence-electron chi connectivity index (χ1n) is 6.61. The molecule has 0 saturated carbocycles. The molecule has 1 N–H and O–H groups in total. The van der Waals surface area contributed by atoms with Crippen LogP contribution in [0.4, 0.5) is 5.69 Å². The van der Waals surface area contributed by atoms with Gasteiger partial charge in [-0.3, -0.25) is 4.79 Å². The minimum Gasteiger partial charge on any atom is -0.451 e. The molecule has 21 heavy (non-hydrogen) atoms. The van der Waals surface area contributed by atoms with Crippen molar-refractivity contribution in [3.63, 3.8) is 0 Å². The van der Waals surface area contributed by atoms with Gasteiger partial charge in [-0.2, -0.15) is 0 Å². The van der Waals surface area contributed by atoms with Gasteiger partial charge in [0.1, 0.15) is 5.58 Å². The Bertz CT molecular complexity index is 836. The Hall–Kier alpha value is -2.07. The number of furan rings is 1. The molecule has 0 aliphatic carbocycles. The first kappa shape index (κ1) is 13.9. The minimum absolute atomic E-state index is 0.231. The summed E-state index contributed by atoms with van der Waals surface area (Å²) in [6.45, 7) is 3.88. The van der Waals surface area contributed by atoms with Crippen LogP contribution in [0.3, 0.4) is 0 Å². The van der Waals surface area contributed by atoms with Gasteiger partial charge in [0.05, 0.1) is 0 Å². The first-order valence-corrected chi connectivity index (χ1v) is 7.40. The molecule has 0 radical (unpaired) electrons. The van der Waals surface area contributed by atoms with Gasteiger partial charge >= 0.3 is 0 Å². The fourth-order valence-corrected chi connectivity index (χ4v) is 2.68. The zero-order valence-electron chi connectivity index (χ0n) is 11.7. The summed E-state index contributed by atoms with van der Waals surface area (Å²) in [6, 6.07) is 13.4. The molecule has 0 saturated heterocycles. The third kappa shape index (κ3) is 2.72. The Morgan fingerprint density at radius 3 is 2.71 bits per heavy atom. The highest BCUT2D eigenvalue weighted by Crippen LogP contribution is 2.28. The van der Waals surface area contributed by atoms with Crippen LogP contribution in [0.25, 0.3) is 11.0 Å². The summed E-state index contributed by atoms with van der Waals surface area (Å²) in [5, 5.41) is 3.81. The highest BCUT2D eigenvalue weighted by atomic mass is 79.9. The van der Waals surface area contributed by atoms with Crippen LogP contribution in [0, 0.1) is 13.8 Å². The highest BCUT2D eigenvalue weighted by Gasteiger charge is 2.17. The van der Waals surface area contributed by atoms with Crippen LogP contribution in [0.15, 0.2) is 51.4 Å². The number of carbonyl (C=O) groups excluding carboxylic acids is 1. The van der Waals surface area contributed by atoms with E-state index in [4.69, 9.17) is 4.42 Å². The molecule has 0 spiro atoms. The summed E-state index contributed by atoms with van der Waals surface area (Å²) in [5.41, 5.74) is 3.42. The van der Waals surface area contributed by atoms with E-state index in [9.17, 15) is 4.79 Å². The quantitative estimate of drug-likeness (QED) is 0.706. The fraction of sp³-hybridized carbons (Fsp3) is 0.118. The van der Waals surface area contributed by atoms with Crippen molar-refractivity contribution in [3.8, 4) is 0 Å². The van der Waals surface area contributed by atoms with Crippen LogP contribution in [-0.2, 0) is 0 Å². The second-order valence-corrected chi connectivity index (χ2v) is 5.94. The maximum Gasteiger partial charge on any atom is 0.291 e. The van der Waals surface area contributed by atoms with Gasteiger partial charge in [-0.1, -0.05) is 28.1 Å². The van der Waals surface area contributed by atoms with Gasteiger partial charge in [0.25, 0.3) is 5.91 Å². The topological polar surface area (TPSA) is 42.2 Å².